The van der Waals surface area contributed by atoms with Crippen LogP contribution in [0.15, 0.2) is 84.9 Å². The van der Waals surface area contributed by atoms with Crippen molar-refractivity contribution in [3.63, 3.8) is 0 Å². The Balaban J connectivity index is 0.000000160. The standard InChI is InChI=1S/C12H10.C6H5ClO/c1-3-7-11(8-4-1)12-9-5-2-6-10-12;7-5-1-3-6(8)4-2-5/h1-10H;1-4,8H. The molecule has 3 aromatic rings. The van der Waals surface area contributed by atoms with Crippen molar-refractivity contribution in [2.24, 2.45) is 0 Å². The molecular weight excluding hydrogens is 268 g/mol. The predicted molar refractivity (Wildman–Crippen MR) is 85.0 cm³/mol. The molecule has 20 heavy (non-hydrogen) atoms. The van der Waals surface area contributed by atoms with Gasteiger partial charge in [0, 0.05) is 5.02 Å². The van der Waals surface area contributed by atoms with E-state index < -0.39 is 0 Å². The summed E-state index contributed by atoms with van der Waals surface area (Å²) >= 11 is 5.50. The van der Waals surface area contributed by atoms with Gasteiger partial charge in [0.15, 0.2) is 0 Å². The first-order chi connectivity index (χ1) is 9.75. The zero-order chi connectivity index (χ0) is 14.2. The van der Waals surface area contributed by atoms with Gasteiger partial charge in [0.1, 0.15) is 5.75 Å². The van der Waals surface area contributed by atoms with E-state index in [-0.39, 0.29) is 5.75 Å². The van der Waals surface area contributed by atoms with Crippen molar-refractivity contribution in [2.45, 2.75) is 0 Å². The van der Waals surface area contributed by atoms with Gasteiger partial charge in [0.05, 0.1) is 0 Å². The van der Waals surface area contributed by atoms with Crippen molar-refractivity contribution in [2.75, 3.05) is 0 Å². The molecule has 0 heterocycles. The molecule has 0 radical (unpaired) electrons. The lowest BCUT2D eigenvalue weighted by Crippen LogP contribution is -1.73. The van der Waals surface area contributed by atoms with Crippen LogP contribution < -0.4 is 0 Å². The van der Waals surface area contributed by atoms with Crippen molar-refractivity contribution in [3.05, 3.63) is 90.0 Å². The smallest absolute Gasteiger partial charge is 0.115 e. The van der Waals surface area contributed by atoms with Crippen molar-refractivity contribution < 1.29 is 5.11 Å². The summed E-state index contributed by atoms with van der Waals surface area (Å²) in [6.45, 7) is 0. The molecule has 0 unspecified atom stereocenters. The van der Waals surface area contributed by atoms with E-state index in [4.69, 9.17) is 16.7 Å². The van der Waals surface area contributed by atoms with Crippen molar-refractivity contribution in [1.82, 2.24) is 0 Å². The average molecular weight is 283 g/mol. The van der Waals surface area contributed by atoms with Crippen LogP contribution in [0.1, 0.15) is 0 Å². The quantitative estimate of drug-likeness (QED) is 0.633. The highest BCUT2D eigenvalue weighted by atomic mass is 35.5. The maximum atomic E-state index is 8.70. The highest BCUT2D eigenvalue weighted by Gasteiger charge is 1.91. The lowest BCUT2D eigenvalue weighted by Gasteiger charge is -1.98. The van der Waals surface area contributed by atoms with Crippen molar-refractivity contribution >= 4 is 11.6 Å². The average Bonchev–Trinajstić information content (AvgIpc) is 2.53. The Morgan fingerprint density at radius 1 is 0.550 bits per heavy atom. The molecule has 2 heteroatoms. The summed E-state index contributed by atoms with van der Waals surface area (Å²) in [7, 11) is 0. The number of benzene rings is 3. The van der Waals surface area contributed by atoms with Gasteiger partial charge < -0.3 is 5.11 Å². The van der Waals surface area contributed by atoms with Gasteiger partial charge >= 0.3 is 0 Å². The van der Waals surface area contributed by atoms with Gasteiger partial charge in [-0.15, -0.1) is 0 Å². The first kappa shape index (κ1) is 14.2. The zero-order valence-electron chi connectivity index (χ0n) is 10.9. The summed E-state index contributed by atoms with van der Waals surface area (Å²) in [6.07, 6.45) is 0. The van der Waals surface area contributed by atoms with Crippen LogP contribution in [0.5, 0.6) is 5.75 Å². The third kappa shape index (κ3) is 4.45. The van der Waals surface area contributed by atoms with Gasteiger partial charge in [-0.1, -0.05) is 72.3 Å². The number of rotatable bonds is 1. The lowest BCUT2D eigenvalue weighted by molar-refractivity contribution is 0.475. The fourth-order valence-corrected chi connectivity index (χ4v) is 1.83. The molecule has 0 saturated carbocycles. The summed E-state index contributed by atoms with van der Waals surface area (Å²) in [6, 6.07) is 27.1. The van der Waals surface area contributed by atoms with E-state index in [0.717, 1.165) is 0 Å². The van der Waals surface area contributed by atoms with E-state index in [1.807, 2.05) is 12.1 Å². The second-order valence-electron chi connectivity index (χ2n) is 4.21. The Labute approximate surface area is 124 Å². The van der Waals surface area contributed by atoms with E-state index in [1.165, 1.54) is 11.1 Å². The van der Waals surface area contributed by atoms with Crippen LogP contribution in [0.3, 0.4) is 0 Å². The molecule has 100 valence electrons. The lowest BCUT2D eigenvalue weighted by atomic mass is 10.1. The monoisotopic (exact) mass is 282 g/mol. The van der Waals surface area contributed by atoms with Crippen molar-refractivity contribution in [3.8, 4) is 16.9 Å². The second kappa shape index (κ2) is 7.37. The van der Waals surface area contributed by atoms with Crippen LogP contribution in [-0.4, -0.2) is 5.11 Å². The SMILES string of the molecule is Oc1ccc(Cl)cc1.c1ccc(-c2ccccc2)cc1. The zero-order valence-corrected chi connectivity index (χ0v) is 11.7. The van der Waals surface area contributed by atoms with Gasteiger partial charge in [-0.05, 0) is 35.4 Å². The van der Waals surface area contributed by atoms with Gasteiger partial charge in [-0.2, -0.15) is 0 Å². The number of hydrogen-bond acceptors (Lipinski definition) is 1. The van der Waals surface area contributed by atoms with Crippen LogP contribution in [0.2, 0.25) is 5.02 Å². The molecular formula is C18H15ClO. The maximum Gasteiger partial charge on any atom is 0.115 e. The number of hydrogen-bond donors (Lipinski definition) is 1. The number of phenolic OH excluding ortho intramolecular Hbond substituents is 1. The number of phenols is 1. The minimum absolute atomic E-state index is 0.245. The van der Waals surface area contributed by atoms with E-state index in [2.05, 4.69) is 48.5 Å². The van der Waals surface area contributed by atoms with E-state index >= 15 is 0 Å². The highest BCUT2D eigenvalue weighted by Crippen LogP contribution is 2.17. The van der Waals surface area contributed by atoms with E-state index in [0.29, 0.717) is 5.02 Å². The molecule has 0 aliphatic rings. The fraction of sp³-hybridized carbons (Fsp3) is 0. The molecule has 0 aliphatic carbocycles. The first-order valence-corrected chi connectivity index (χ1v) is 6.68. The number of aromatic hydroxyl groups is 1. The van der Waals surface area contributed by atoms with E-state index in [1.54, 1.807) is 24.3 Å². The van der Waals surface area contributed by atoms with Crippen LogP contribution >= 0.6 is 11.6 Å². The Morgan fingerprint density at radius 3 is 1.30 bits per heavy atom. The number of halogens is 1. The molecule has 0 aromatic heterocycles. The predicted octanol–water partition coefficient (Wildman–Crippen LogP) is 5.40. The molecule has 1 nitrogen and oxygen atoms in total. The van der Waals surface area contributed by atoms with Gasteiger partial charge in [-0.25, -0.2) is 0 Å². The van der Waals surface area contributed by atoms with Crippen LogP contribution in [0, 0.1) is 0 Å². The minimum atomic E-state index is 0.245. The molecule has 0 atom stereocenters. The summed E-state index contributed by atoms with van der Waals surface area (Å²) in [5, 5.41) is 9.34. The summed E-state index contributed by atoms with van der Waals surface area (Å²) in [5.41, 5.74) is 2.55. The maximum absolute atomic E-state index is 8.70. The Kier molecular flexibility index (Phi) is 5.22. The van der Waals surface area contributed by atoms with Crippen LogP contribution in [0.4, 0.5) is 0 Å². The topological polar surface area (TPSA) is 20.2 Å². The highest BCUT2D eigenvalue weighted by molar-refractivity contribution is 6.30. The van der Waals surface area contributed by atoms with Crippen LogP contribution in [0.25, 0.3) is 11.1 Å². The normalized spacial score (nSPS) is 9.45. The molecule has 0 spiro atoms. The van der Waals surface area contributed by atoms with Gasteiger partial charge in [-0.3, -0.25) is 0 Å². The van der Waals surface area contributed by atoms with E-state index in [9.17, 15) is 0 Å². The van der Waals surface area contributed by atoms with Crippen molar-refractivity contribution in [1.29, 1.82) is 0 Å². The fourth-order valence-electron chi connectivity index (χ4n) is 1.70. The molecule has 0 saturated heterocycles. The van der Waals surface area contributed by atoms with Gasteiger partial charge in [0.2, 0.25) is 0 Å². The van der Waals surface area contributed by atoms with Crippen LogP contribution in [-0.2, 0) is 0 Å². The molecule has 0 bridgehead atoms. The molecule has 0 aliphatic heterocycles. The summed E-state index contributed by atoms with van der Waals surface area (Å²) in [4.78, 5) is 0. The third-order valence-corrected chi connectivity index (χ3v) is 2.96. The largest absolute Gasteiger partial charge is 0.508 e. The van der Waals surface area contributed by atoms with Gasteiger partial charge in [0.25, 0.3) is 0 Å². The minimum Gasteiger partial charge on any atom is -0.508 e. The molecule has 0 fully saturated rings. The first-order valence-electron chi connectivity index (χ1n) is 6.31. The Bertz CT molecular complexity index is 560. The molecule has 3 aromatic carbocycles. The Hall–Kier alpha value is -2.25. The molecule has 0 amide bonds. The summed E-state index contributed by atoms with van der Waals surface area (Å²) < 4.78 is 0. The molecule has 3 rings (SSSR count). The third-order valence-electron chi connectivity index (χ3n) is 2.71. The Morgan fingerprint density at radius 2 is 0.950 bits per heavy atom. The summed E-state index contributed by atoms with van der Waals surface area (Å²) in [5.74, 6) is 0.245. The molecule has 1 N–H and O–H groups in total. The second-order valence-corrected chi connectivity index (χ2v) is 4.64.